The number of carbonyl (C=O) groups excluding carboxylic acids is 1. The molecule has 3 rings (SSSR count). The molecule has 1 N–H and O–H groups in total. The number of nitrogens with zero attached hydrogens (tertiary/aromatic N) is 4. The number of Topliss-reactive ketones (excluding diaryl/α,β-unsaturated/α-hetero) is 1. The van der Waals surface area contributed by atoms with Crippen molar-refractivity contribution in [2.45, 2.75) is 36.9 Å². The maximum Gasteiger partial charge on any atom is 0.344 e. The summed E-state index contributed by atoms with van der Waals surface area (Å²) in [5.41, 5.74) is 0.556. The highest BCUT2D eigenvalue weighted by Crippen LogP contribution is 2.36. The highest BCUT2D eigenvalue weighted by atomic mass is 32.2. The van der Waals surface area contributed by atoms with Crippen molar-refractivity contribution in [2.24, 2.45) is 0 Å². The van der Waals surface area contributed by atoms with Crippen LogP contribution in [0.15, 0.2) is 15.3 Å². The number of thioether (sulfide) groups is 1. The molecular formula is C13H13N5O2S2. The third-order valence-electron chi connectivity index (χ3n) is 3.26. The molecule has 1 aliphatic carbocycles. The molecule has 0 unspecified atom stereocenters. The molecule has 0 spiro atoms. The minimum atomic E-state index is -0.855. The van der Waals surface area contributed by atoms with E-state index in [1.165, 1.54) is 23.1 Å². The molecule has 1 saturated carbocycles. The van der Waals surface area contributed by atoms with Crippen LogP contribution in [0.4, 0.5) is 0 Å². The van der Waals surface area contributed by atoms with E-state index in [9.17, 15) is 14.9 Å². The van der Waals surface area contributed by atoms with Gasteiger partial charge in [-0.05, 0) is 19.8 Å². The number of rotatable bonds is 6. The van der Waals surface area contributed by atoms with Gasteiger partial charge in [0.1, 0.15) is 5.01 Å². The average molecular weight is 335 g/mol. The number of aryl methyl sites for hydroxylation is 1. The summed E-state index contributed by atoms with van der Waals surface area (Å²) in [5.74, 6) is -0.987. The summed E-state index contributed by atoms with van der Waals surface area (Å²) in [4.78, 5) is 28.1. The quantitative estimate of drug-likeness (QED) is 0.805. The molecule has 0 aromatic carbocycles. The maximum absolute atomic E-state index is 12.3. The Morgan fingerprint density at radius 3 is 3.05 bits per heavy atom. The molecule has 2 aromatic rings. The summed E-state index contributed by atoms with van der Waals surface area (Å²) in [5, 5.41) is 18.4. The van der Waals surface area contributed by atoms with Crippen LogP contribution in [-0.4, -0.2) is 31.3 Å². The van der Waals surface area contributed by atoms with Gasteiger partial charge in [0.15, 0.2) is 16.9 Å². The number of aromatic amines is 1. The highest BCUT2D eigenvalue weighted by molar-refractivity contribution is 7.99. The van der Waals surface area contributed by atoms with Gasteiger partial charge in [-0.2, -0.15) is 5.26 Å². The first-order valence-corrected chi connectivity index (χ1v) is 8.60. The van der Waals surface area contributed by atoms with Crippen molar-refractivity contribution in [3.8, 4) is 6.07 Å². The van der Waals surface area contributed by atoms with Crippen LogP contribution in [0.2, 0.25) is 0 Å². The van der Waals surface area contributed by atoms with Gasteiger partial charge >= 0.3 is 5.69 Å². The normalized spacial score (nSPS) is 15.5. The highest BCUT2D eigenvalue weighted by Gasteiger charge is 2.29. The molecule has 0 bridgehead atoms. The molecule has 0 saturated heterocycles. The van der Waals surface area contributed by atoms with Crippen molar-refractivity contribution in [2.75, 3.05) is 5.75 Å². The monoisotopic (exact) mass is 335 g/mol. The fraction of sp³-hybridized carbons (Fsp3) is 0.462. The third kappa shape index (κ3) is 2.98. The van der Waals surface area contributed by atoms with E-state index < -0.39 is 5.92 Å². The Bertz CT molecular complexity index is 796. The second kappa shape index (κ2) is 6.06. The zero-order valence-electron chi connectivity index (χ0n) is 11.8. The van der Waals surface area contributed by atoms with Crippen molar-refractivity contribution < 1.29 is 4.79 Å². The molecule has 114 valence electrons. The second-order valence-corrected chi connectivity index (χ2v) is 6.89. The van der Waals surface area contributed by atoms with Crippen LogP contribution in [0, 0.1) is 18.3 Å². The van der Waals surface area contributed by atoms with Gasteiger partial charge in [-0.1, -0.05) is 11.8 Å². The van der Waals surface area contributed by atoms with E-state index in [2.05, 4.69) is 15.2 Å². The maximum atomic E-state index is 12.3. The Morgan fingerprint density at radius 2 is 2.45 bits per heavy atom. The topological polar surface area (TPSA) is 104 Å². The number of hydrogen-bond donors (Lipinski definition) is 1. The van der Waals surface area contributed by atoms with Gasteiger partial charge in [0.25, 0.3) is 0 Å². The lowest BCUT2D eigenvalue weighted by molar-refractivity contribution is -0.116. The van der Waals surface area contributed by atoms with Crippen molar-refractivity contribution in [3.63, 3.8) is 0 Å². The molecular weight excluding hydrogens is 322 g/mol. The largest absolute Gasteiger partial charge is 0.344 e. The van der Waals surface area contributed by atoms with E-state index in [1.807, 2.05) is 18.4 Å². The minimum Gasteiger partial charge on any atom is -0.297 e. The van der Waals surface area contributed by atoms with E-state index in [-0.39, 0.29) is 23.3 Å². The molecule has 0 radical (unpaired) electrons. The van der Waals surface area contributed by atoms with Crippen LogP contribution < -0.4 is 5.69 Å². The first-order valence-electron chi connectivity index (χ1n) is 6.74. The molecule has 1 fully saturated rings. The van der Waals surface area contributed by atoms with Gasteiger partial charge in [-0.15, -0.1) is 16.4 Å². The molecule has 2 heterocycles. The number of H-pyrrole nitrogens is 1. The Hall–Kier alpha value is -1.92. The zero-order valence-corrected chi connectivity index (χ0v) is 13.4. The lowest BCUT2D eigenvalue weighted by Crippen LogP contribution is -2.17. The molecule has 1 atom stereocenters. The van der Waals surface area contributed by atoms with Crippen molar-refractivity contribution >= 4 is 28.9 Å². The molecule has 7 nitrogen and oxygen atoms in total. The first kappa shape index (κ1) is 15.0. The summed E-state index contributed by atoms with van der Waals surface area (Å²) < 4.78 is 1.59. The molecule has 0 aliphatic heterocycles. The predicted molar refractivity (Wildman–Crippen MR) is 82.1 cm³/mol. The number of hydrogen-bond acceptors (Lipinski definition) is 7. The smallest absolute Gasteiger partial charge is 0.297 e. The zero-order chi connectivity index (χ0) is 15.7. The van der Waals surface area contributed by atoms with E-state index in [0.29, 0.717) is 10.2 Å². The lowest BCUT2D eigenvalue weighted by Gasteiger charge is -2.05. The fourth-order valence-corrected chi connectivity index (χ4v) is 3.82. The van der Waals surface area contributed by atoms with Gasteiger partial charge in [0.05, 0.1) is 11.8 Å². The minimum absolute atomic E-state index is 0.0911. The van der Waals surface area contributed by atoms with E-state index in [4.69, 9.17) is 0 Å². The molecule has 2 aromatic heterocycles. The van der Waals surface area contributed by atoms with Crippen LogP contribution in [0.3, 0.4) is 0 Å². The molecule has 0 amide bonds. The van der Waals surface area contributed by atoms with Gasteiger partial charge in [-0.3, -0.25) is 9.36 Å². The van der Waals surface area contributed by atoms with Crippen LogP contribution in [0.25, 0.3) is 0 Å². The van der Waals surface area contributed by atoms with E-state index >= 15 is 0 Å². The van der Waals surface area contributed by atoms with Gasteiger partial charge < -0.3 is 0 Å². The van der Waals surface area contributed by atoms with Crippen molar-refractivity contribution in [3.05, 3.63) is 26.6 Å². The van der Waals surface area contributed by atoms with Gasteiger partial charge in [0.2, 0.25) is 0 Å². The third-order valence-corrected chi connectivity index (χ3v) is 5.26. The van der Waals surface area contributed by atoms with Gasteiger partial charge in [-0.25, -0.2) is 14.9 Å². The summed E-state index contributed by atoms with van der Waals surface area (Å²) in [6.45, 7) is 1.83. The van der Waals surface area contributed by atoms with E-state index in [1.54, 1.807) is 4.57 Å². The second-order valence-electron chi connectivity index (χ2n) is 5.06. The van der Waals surface area contributed by atoms with Crippen LogP contribution in [0.1, 0.15) is 35.5 Å². The number of aromatic nitrogens is 4. The summed E-state index contributed by atoms with van der Waals surface area (Å²) in [6, 6.07) is 2.20. The lowest BCUT2D eigenvalue weighted by atomic mass is 10.1. The Morgan fingerprint density at radius 1 is 1.68 bits per heavy atom. The summed E-state index contributed by atoms with van der Waals surface area (Å²) in [6.07, 6.45) is 1.92. The standard InChI is InChI=1S/C13H13N5O2S2/c1-7-5-21-11(15-7)9(4-14)10(19)6-22-13-17-16-12(20)18(13)8-2-3-8/h5,8-9H,2-3,6H2,1H3,(H,16,20)/t9-/m0/s1. The van der Waals surface area contributed by atoms with Gasteiger partial charge in [0, 0.05) is 17.1 Å². The van der Waals surface area contributed by atoms with Crippen LogP contribution in [0.5, 0.6) is 0 Å². The number of nitrogens with one attached hydrogen (secondary N) is 1. The SMILES string of the molecule is Cc1csc([C@@H](C#N)C(=O)CSc2n[nH]c(=O)n2C2CC2)n1. The summed E-state index contributed by atoms with van der Waals surface area (Å²) in [7, 11) is 0. The fourth-order valence-electron chi connectivity index (χ4n) is 2.04. The predicted octanol–water partition coefficient (Wildman–Crippen LogP) is 1.64. The molecule has 22 heavy (non-hydrogen) atoms. The average Bonchev–Trinajstić information content (AvgIpc) is 3.13. The van der Waals surface area contributed by atoms with Crippen LogP contribution in [-0.2, 0) is 4.79 Å². The number of ketones is 1. The first-order chi connectivity index (χ1) is 10.6. The number of nitriles is 1. The Kier molecular flexibility index (Phi) is 4.13. The van der Waals surface area contributed by atoms with Crippen molar-refractivity contribution in [1.29, 1.82) is 5.26 Å². The molecule has 1 aliphatic rings. The van der Waals surface area contributed by atoms with Crippen molar-refractivity contribution in [1.82, 2.24) is 19.7 Å². The summed E-state index contributed by atoms with van der Waals surface area (Å²) >= 11 is 2.50. The number of carbonyl (C=O) groups is 1. The Balaban J connectivity index is 1.69. The van der Waals surface area contributed by atoms with E-state index in [0.717, 1.165) is 18.5 Å². The number of thiazole rings is 1. The Labute approximate surface area is 134 Å². The molecule has 9 heteroatoms. The van der Waals surface area contributed by atoms with Crippen LogP contribution >= 0.6 is 23.1 Å².